The van der Waals surface area contributed by atoms with Crippen molar-refractivity contribution >= 4 is 27.8 Å². The third-order valence-electron chi connectivity index (χ3n) is 0.388. The van der Waals surface area contributed by atoms with Gasteiger partial charge in [-0.05, 0) is 0 Å². The van der Waals surface area contributed by atoms with Gasteiger partial charge in [0.25, 0.3) is 0 Å². The van der Waals surface area contributed by atoms with E-state index in [0.29, 0.717) is 0 Å². The van der Waals surface area contributed by atoms with Gasteiger partial charge in [-0.3, -0.25) is 4.79 Å². The first-order valence-corrected chi connectivity index (χ1v) is 1.56. The first kappa shape index (κ1) is 10.7. The van der Waals surface area contributed by atoms with Crippen LogP contribution in [0.1, 0.15) is 0 Å². The number of aliphatic carboxylic acids is 2. The molecule has 0 bridgehead atoms. The van der Waals surface area contributed by atoms with Crippen molar-refractivity contribution in [1.82, 2.24) is 0 Å². The van der Waals surface area contributed by atoms with Gasteiger partial charge in [-0.2, -0.15) is 0 Å². The molecule has 0 saturated carbocycles. The van der Waals surface area contributed by atoms with E-state index in [2.05, 4.69) is 0 Å². The van der Waals surface area contributed by atoms with Crippen LogP contribution in [0.2, 0.25) is 0 Å². The van der Waals surface area contributed by atoms with E-state index in [1.165, 1.54) is 0 Å². The van der Waals surface area contributed by atoms with Gasteiger partial charge in [-0.1, -0.05) is 0 Å². The Labute approximate surface area is 53.5 Å². The van der Waals surface area contributed by atoms with Crippen molar-refractivity contribution in [3.63, 3.8) is 0 Å². The molecule has 0 unspecified atom stereocenters. The first-order valence-electron chi connectivity index (χ1n) is 1.56. The number of hydrogen-bond donors (Lipinski definition) is 2. The van der Waals surface area contributed by atoms with Crippen LogP contribution in [0.25, 0.3) is 0 Å². The second-order valence-corrected chi connectivity index (χ2v) is 0.939. The molecule has 0 aromatic heterocycles. The SMILES string of the molecule is O=C(O)C(=O)C(=O)O.[BeH2]. The molecule has 9 heavy (non-hydrogen) atoms. The second-order valence-electron chi connectivity index (χ2n) is 0.939. The maximum atomic E-state index is 9.64. The van der Waals surface area contributed by atoms with Gasteiger partial charge in [-0.15, -0.1) is 0 Å². The van der Waals surface area contributed by atoms with Crippen LogP contribution in [0.4, 0.5) is 0 Å². The Morgan fingerprint density at radius 1 is 0.889 bits per heavy atom. The minimum absolute atomic E-state index is 0. The van der Waals surface area contributed by atoms with Gasteiger partial charge < -0.3 is 10.2 Å². The van der Waals surface area contributed by atoms with Gasteiger partial charge >= 0.3 is 27.8 Å². The van der Waals surface area contributed by atoms with Crippen LogP contribution in [0.15, 0.2) is 0 Å². The van der Waals surface area contributed by atoms with Gasteiger partial charge in [0.2, 0.25) is 0 Å². The Bertz CT molecular complexity index is 134. The summed E-state index contributed by atoms with van der Waals surface area (Å²) in [5.74, 6) is -5.71. The fraction of sp³-hybridized carbons (Fsp3) is 0. The number of carbonyl (C=O) groups is 3. The normalized spacial score (nSPS) is 7.11. The van der Waals surface area contributed by atoms with Crippen molar-refractivity contribution in [2.45, 2.75) is 0 Å². The molecule has 6 heteroatoms. The van der Waals surface area contributed by atoms with E-state index in [1.807, 2.05) is 0 Å². The molecule has 2 N–H and O–H groups in total. The Morgan fingerprint density at radius 3 is 1.11 bits per heavy atom. The van der Waals surface area contributed by atoms with E-state index in [0.717, 1.165) is 0 Å². The van der Waals surface area contributed by atoms with Crippen LogP contribution in [0, 0.1) is 0 Å². The van der Waals surface area contributed by atoms with Crippen LogP contribution >= 0.6 is 0 Å². The molecule has 5 nitrogen and oxygen atoms in total. The topological polar surface area (TPSA) is 91.7 Å². The number of carbonyl (C=O) groups excluding carboxylic acids is 1. The van der Waals surface area contributed by atoms with Gasteiger partial charge in [0.1, 0.15) is 0 Å². The molecule has 0 aromatic carbocycles. The van der Waals surface area contributed by atoms with Gasteiger partial charge in [-0.25, -0.2) is 9.59 Å². The fourth-order valence-corrected chi connectivity index (χ4v) is 0.0915. The molecule has 0 radical (unpaired) electrons. The summed E-state index contributed by atoms with van der Waals surface area (Å²) >= 11 is 0. The van der Waals surface area contributed by atoms with E-state index >= 15 is 0 Å². The number of rotatable bonds is 2. The van der Waals surface area contributed by atoms with Crippen LogP contribution in [0.3, 0.4) is 0 Å². The number of ketones is 1. The minimum atomic E-state index is -1.95. The molecule has 0 aliphatic heterocycles. The molecule has 0 fully saturated rings. The van der Waals surface area contributed by atoms with Crippen LogP contribution < -0.4 is 0 Å². The fourth-order valence-electron chi connectivity index (χ4n) is 0.0915. The Balaban J connectivity index is 0. The summed E-state index contributed by atoms with van der Waals surface area (Å²) in [4.78, 5) is 28.5. The number of carboxylic acid groups (broad SMARTS) is 2. The summed E-state index contributed by atoms with van der Waals surface area (Å²) in [5.41, 5.74) is 0. The Kier molecular flexibility index (Phi) is 4.45. The molecule has 0 aliphatic carbocycles. The van der Waals surface area contributed by atoms with Gasteiger partial charge in [0.15, 0.2) is 0 Å². The molecule has 48 valence electrons. The Hall–Kier alpha value is -1.22. The number of carboxylic acids is 2. The molecule has 0 heterocycles. The van der Waals surface area contributed by atoms with Crippen molar-refractivity contribution in [3.05, 3.63) is 0 Å². The molecule has 0 aliphatic rings. The van der Waals surface area contributed by atoms with E-state index in [1.54, 1.807) is 0 Å². The zero-order valence-corrected chi connectivity index (χ0v) is 3.62. The third-order valence-corrected chi connectivity index (χ3v) is 0.388. The third kappa shape index (κ3) is 3.37. The molecule has 0 rings (SSSR count). The number of Topliss-reactive ketones (excluding diaryl/α,β-unsaturated/α-hetero) is 1. The van der Waals surface area contributed by atoms with E-state index in [9.17, 15) is 14.4 Å². The zero-order valence-electron chi connectivity index (χ0n) is 3.62. The summed E-state index contributed by atoms with van der Waals surface area (Å²) in [5, 5.41) is 15.2. The monoisotopic (exact) mass is 129 g/mol. The predicted octanol–water partition coefficient (Wildman–Crippen LogP) is -2.19. The summed E-state index contributed by atoms with van der Waals surface area (Å²) < 4.78 is 0. The Morgan fingerprint density at radius 2 is 1.11 bits per heavy atom. The van der Waals surface area contributed by atoms with Gasteiger partial charge in [0, 0.05) is 0 Å². The average molecular weight is 129 g/mol. The molecule has 0 saturated heterocycles. The van der Waals surface area contributed by atoms with Gasteiger partial charge in [0.05, 0.1) is 0 Å². The molecular weight excluding hydrogens is 125 g/mol. The van der Waals surface area contributed by atoms with E-state index in [4.69, 9.17) is 10.2 Å². The van der Waals surface area contributed by atoms with Crippen molar-refractivity contribution in [3.8, 4) is 0 Å². The van der Waals surface area contributed by atoms with Crippen LogP contribution in [-0.2, 0) is 14.4 Å². The molecule has 0 spiro atoms. The van der Waals surface area contributed by atoms with Crippen molar-refractivity contribution in [2.75, 3.05) is 0 Å². The van der Waals surface area contributed by atoms with Crippen molar-refractivity contribution < 1.29 is 24.6 Å². The van der Waals surface area contributed by atoms with E-state index in [-0.39, 0.29) is 10.1 Å². The quantitative estimate of drug-likeness (QED) is 0.251. The average Bonchev–Trinajstić information content (AvgIpc) is 1.64. The van der Waals surface area contributed by atoms with Crippen LogP contribution in [-0.4, -0.2) is 38.1 Å². The molecular formula is C3H4BeO5. The zero-order chi connectivity index (χ0) is 6.73. The summed E-state index contributed by atoms with van der Waals surface area (Å²) in [7, 11) is 0. The summed E-state index contributed by atoms with van der Waals surface area (Å²) in [6.45, 7) is 0. The summed E-state index contributed by atoms with van der Waals surface area (Å²) in [6, 6.07) is 0. The first-order chi connectivity index (χ1) is 3.55. The number of hydrogen-bond acceptors (Lipinski definition) is 3. The maximum absolute atomic E-state index is 9.64. The van der Waals surface area contributed by atoms with Crippen LogP contribution in [0.5, 0.6) is 0 Å². The predicted molar refractivity (Wildman–Crippen MR) is 28.8 cm³/mol. The van der Waals surface area contributed by atoms with Crippen molar-refractivity contribution in [1.29, 1.82) is 0 Å². The molecule has 0 aromatic rings. The molecule has 0 amide bonds. The standard InChI is InChI=1S/C3H2O5.Be.2H/c4-1(2(5)6)3(7)8;;;/h(H,5,6)(H,7,8);;;. The summed E-state index contributed by atoms with van der Waals surface area (Å²) in [6.07, 6.45) is 0. The molecule has 0 atom stereocenters. The van der Waals surface area contributed by atoms with E-state index < -0.39 is 17.7 Å². The second kappa shape index (κ2) is 3.74. The van der Waals surface area contributed by atoms with Crippen molar-refractivity contribution in [2.24, 2.45) is 0 Å².